The lowest BCUT2D eigenvalue weighted by molar-refractivity contribution is 0.0960. The van der Waals surface area contributed by atoms with Crippen molar-refractivity contribution in [1.29, 1.82) is 0 Å². The first-order chi connectivity index (χ1) is 6.19. The predicted molar refractivity (Wildman–Crippen MR) is 50.9 cm³/mol. The molecule has 0 aliphatic heterocycles. The Morgan fingerprint density at radius 3 is 2.77 bits per heavy atom. The largest absolute Gasteiger partial charge is 0.507 e. The van der Waals surface area contributed by atoms with Crippen LogP contribution in [0.4, 0.5) is 0 Å². The summed E-state index contributed by atoms with van der Waals surface area (Å²) < 4.78 is 0. The SMILES string of the molecule is CCc1ccc(O)c(C(=O)NC)c1. The standard InChI is InChI=1S/C10H13NO2/c1-3-7-4-5-9(12)8(6-7)10(13)11-2/h4-6,12H,3H2,1-2H3,(H,11,13). The molecule has 70 valence electrons. The third-order valence-corrected chi connectivity index (χ3v) is 1.94. The Labute approximate surface area is 77.4 Å². The number of rotatable bonds is 2. The highest BCUT2D eigenvalue weighted by molar-refractivity contribution is 5.96. The van der Waals surface area contributed by atoms with Crippen LogP contribution in [0.2, 0.25) is 0 Å². The van der Waals surface area contributed by atoms with E-state index in [2.05, 4.69) is 5.32 Å². The molecule has 3 nitrogen and oxygen atoms in total. The predicted octanol–water partition coefficient (Wildman–Crippen LogP) is 1.31. The van der Waals surface area contributed by atoms with Crippen LogP contribution in [0.25, 0.3) is 0 Å². The van der Waals surface area contributed by atoms with Crippen molar-refractivity contribution < 1.29 is 9.90 Å². The summed E-state index contributed by atoms with van der Waals surface area (Å²) in [5.74, 6) is -0.232. The molecule has 0 atom stereocenters. The minimum absolute atomic E-state index is 0.0246. The van der Waals surface area contributed by atoms with Gasteiger partial charge in [-0.15, -0.1) is 0 Å². The molecule has 3 heteroatoms. The quantitative estimate of drug-likeness (QED) is 0.719. The molecule has 0 saturated heterocycles. The summed E-state index contributed by atoms with van der Waals surface area (Å²) in [6, 6.07) is 5.05. The number of phenols is 1. The molecule has 0 unspecified atom stereocenters. The van der Waals surface area contributed by atoms with E-state index in [9.17, 15) is 9.90 Å². The van der Waals surface area contributed by atoms with Crippen LogP contribution in [0.5, 0.6) is 5.75 Å². The number of carbonyl (C=O) groups is 1. The summed E-state index contributed by atoms with van der Waals surface area (Å²) in [5.41, 5.74) is 1.37. The number of aryl methyl sites for hydroxylation is 1. The molecule has 13 heavy (non-hydrogen) atoms. The van der Waals surface area contributed by atoms with Crippen molar-refractivity contribution in [2.75, 3.05) is 7.05 Å². The number of hydrogen-bond acceptors (Lipinski definition) is 2. The maximum absolute atomic E-state index is 11.2. The zero-order chi connectivity index (χ0) is 9.84. The van der Waals surface area contributed by atoms with E-state index in [0.717, 1.165) is 12.0 Å². The van der Waals surface area contributed by atoms with Gasteiger partial charge in [0.25, 0.3) is 5.91 Å². The number of benzene rings is 1. The van der Waals surface area contributed by atoms with Crippen LogP contribution < -0.4 is 5.32 Å². The van der Waals surface area contributed by atoms with E-state index in [-0.39, 0.29) is 11.7 Å². The molecule has 1 aromatic carbocycles. The zero-order valence-electron chi connectivity index (χ0n) is 7.79. The number of amides is 1. The van der Waals surface area contributed by atoms with Gasteiger partial charge in [0.1, 0.15) is 5.75 Å². The van der Waals surface area contributed by atoms with E-state index in [1.807, 2.05) is 13.0 Å². The third-order valence-electron chi connectivity index (χ3n) is 1.94. The second-order valence-corrected chi connectivity index (χ2v) is 2.78. The highest BCUT2D eigenvalue weighted by atomic mass is 16.3. The maximum Gasteiger partial charge on any atom is 0.254 e. The van der Waals surface area contributed by atoms with Crippen LogP contribution in [-0.4, -0.2) is 18.1 Å². The number of phenolic OH excluding ortho intramolecular Hbond substituents is 1. The van der Waals surface area contributed by atoms with Gasteiger partial charge < -0.3 is 10.4 Å². The van der Waals surface area contributed by atoms with Gasteiger partial charge in [0.2, 0.25) is 0 Å². The second-order valence-electron chi connectivity index (χ2n) is 2.78. The van der Waals surface area contributed by atoms with Gasteiger partial charge >= 0.3 is 0 Å². The molecule has 0 spiro atoms. The highest BCUT2D eigenvalue weighted by Crippen LogP contribution is 2.18. The van der Waals surface area contributed by atoms with Gasteiger partial charge in [-0.1, -0.05) is 13.0 Å². The molecule has 0 heterocycles. The highest BCUT2D eigenvalue weighted by Gasteiger charge is 2.08. The zero-order valence-corrected chi connectivity index (χ0v) is 7.79. The van der Waals surface area contributed by atoms with E-state index in [0.29, 0.717) is 5.56 Å². The molecule has 0 radical (unpaired) electrons. The molecule has 0 saturated carbocycles. The van der Waals surface area contributed by atoms with Crippen molar-refractivity contribution in [2.45, 2.75) is 13.3 Å². The number of nitrogens with one attached hydrogen (secondary N) is 1. The van der Waals surface area contributed by atoms with Crippen molar-refractivity contribution >= 4 is 5.91 Å². The van der Waals surface area contributed by atoms with E-state index < -0.39 is 0 Å². The average molecular weight is 179 g/mol. The minimum Gasteiger partial charge on any atom is -0.507 e. The Kier molecular flexibility index (Phi) is 2.90. The number of carbonyl (C=O) groups excluding carboxylic acids is 1. The Hall–Kier alpha value is -1.51. The van der Waals surface area contributed by atoms with Crippen LogP contribution in [0.3, 0.4) is 0 Å². The lowest BCUT2D eigenvalue weighted by atomic mass is 10.1. The molecule has 0 aliphatic carbocycles. The van der Waals surface area contributed by atoms with Gasteiger partial charge in [0, 0.05) is 7.05 Å². The number of hydrogen-bond donors (Lipinski definition) is 2. The Bertz CT molecular complexity index is 321. The minimum atomic E-state index is -0.257. The van der Waals surface area contributed by atoms with E-state index in [4.69, 9.17) is 0 Å². The average Bonchev–Trinajstić information content (AvgIpc) is 2.17. The summed E-state index contributed by atoms with van der Waals surface area (Å²) in [4.78, 5) is 11.2. The Morgan fingerprint density at radius 2 is 2.23 bits per heavy atom. The van der Waals surface area contributed by atoms with Crippen molar-refractivity contribution in [2.24, 2.45) is 0 Å². The first-order valence-electron chi connectivity index (χ1n) is 4.23. The molecule has 1 aromatic rings. The third kappa shape index (κ3) is 1.99. The van der Waals surface area contributed by atoms with Gasteiger partial charge in [0.05, 0.1) is 5.56 Å². The monoisotopic (exact) mass is 179 g/mol. The Balaban J connectivity index is 3.11. The van der Waals surface area contributed by atoms with Crippen molar-refractivity contribution in [3.05, 3.63) is 29.3 Å². The van der Waals surface area contributed by atoms with Gasteiger partial charge in [-0.3, -0.25) is 4.79 Å². The van der Waals surface area contributed by atoms with Crippen molar-refractivity contribution in [1.82, 2.24) is 5.32 Å². The lowest BCUT2D eigenvalue weighted by Crippen LogP contribution is -2.18. The summed E-state index contributed by atoms with van der Waals surface area (Å²) in [5, 5.41) is 11.8. The first kappa shape index (κ1) is 9.58. The van der Waals surface area contributed by atoms with E-state index in [1.54, 1.807) is 19.2 Å². The molecular formula is C10H13NO2. The molecule has 2 N–H and O–H groups in total. The van der Waals surface area contributed by atoms with Gasteiger partial charge in [-0.2, -0.15) is 0 Å². The first-order valence-corrected chi connectivity index (χ1v) is 4.23. The summed E-state index contributed by atoms with van der Waals surface area (Å²) >= 11 is 0. The van der Waals surface area contributed by atoms with Crippen molar-refractivity contribution in [3.63, 3.8) is 0 Å². The van der Waals surface area contributed by atoms with Crippen LogP contribution in [0.1, 0.15) is 22.8 Å². The summed E-state index contributed by atoms with van der Waals surface area (Å²) in [7, 11) is 1.54. The van der Waals surface area contributed by atoms with Gasteiger partial charge in [0.15, 0.2) is 0 Å². The van der Waals surface area contributed by atoms with Gasteiger partial charge in [-0.25, -0.2) is 0 Å². The molecule has 1 rings (SSSR count). The molecule has 0 aliphatic rings. The van der Waals surface area contributed by atoms with Crippen LogP contribution in [0.15, 0.2) is 18.2 Å². The fraction of sp³-hybridized carbons (Fsp3) is 0.300. The molecule has 0 aromatic heterocycles. The van der Waals surface area contributed by atoms with Crippen LogP contribution in [0, 0.1) is 0 Å². The van der Waals surface area contributed by atoms with Crippen LogP contribution >= 0.6 is 0 Å². The summed E-state index contributed by atoms with van der Waals surface area (Å²) in [6.45, 7) is 2.00. The molecule has 1 amide bonds. The van der Waals surface area contributed by atoms with Crippen LogP contribution in [-0.2, 0) is 6.42 Å². The van der Waals surface area contributed by atoms with Gasteiger partial charge in [-0.05, 0) is 24.1 Å². The smallest absolute Gasteiger partial charge is 0.254 e. The summed E-state index contributed by atoms with van der Waals surface area (Å²) in [6.07, 6.45) is 0.851. The topological polar surface area (TPSA) is 49.3 Å². The lowest BCUT2D eigenvalue weighted by Gasteiger charge is -2.04. The number of aromatic hydroxyl groups is 1. The molecular weight excluding hydrogens is 166 g/mol. The van der Waals surface area contributed by atoms with Crippen molar-refractivity contribution in [3.8, 4) is 5.75 Å². The van der Waals surface area contributed by atoms with E-state index >= 15 is 0 Å². The fourth-order valence-corrected chi connectivity index (χ4v) is 1.12. The second kappa shape index (κ2) is 3.94. The fourth-order valence-electron chi connectivity index (χ4n) is 1.12. The normalized spacial score (nSPS) is 9.69. The Morgan fingerprint density at radius 1 is 1.54 bits per heavy atom. The molecule has 0 bridgehead atoms. The molecule has 0 fully saturated rings. The maximum atomic E-state index is 11.2. The van der Waals surface area contributed by atoms with E-state index in [1.165, 1.54) is 0 Å².